The van der Waals surface area contributed by atoms with Crippen molar-refractivity contribution in [2.45, 2.75) is 31.8 Å². The van der Waals surface area contributed by atoms with Gasteiger partial charge in [0.05, 0.1) is 18.4 Å². The number of esters is 1. The number of hydrogen-bond acceptors (Lipinski definition) is 3. The molecule has 14 heavy (non-hydrogen) atoms. The molecule has 0 bridgehead atoms. The Bertz CT molecular complexity index is 316. The second-order valence-corrected chi connectivity index (χ2v) is 4.80. The maximum absolute atomic E-state index is 11.1. The van der Waals surface area contributed by atoms with Crippen LogP contribution in [0.5, 0.6) is 0 Å². The van der Waals surface area contributed by atoms with Gasteiger partial charge in [-0.1, -0.05) is 0 Å². The number of nitrogens with zero attached hydrogens (tertiary/aromatic N) is 1. The van der Waals surface area contributed by atoms with Gasteiger partial charge in [0.15, 0.2) is 0 Å². The third kappa shape index (κ3) is 1.06. The number of nitriles is 1. The second kappa shape index (κ2) is 2.73. The van der Waals surface area contributed by atoms with Gasteiger partial charge < -0.3 is 4.74 Å². The van der Waals surface area contributed by atoms with Crippen molar-refractivity contribution in [1.29, 1.82) is 5.26 Å². The maximum atomic E-state index is 11.1. The van der Waals surface area contributed by atoms with Crippen LogP contribution in [-0.4, -0.2) is 12.1 Å². The first-order valence-corrected chi connectivity index (χ1v) is 5.38. The third-order valence-electron chi connectivity index (χ3n) is 3.89. The summed E-state index contributed by atoms with van der Waals surface area (Å²) in [6, 6.07) is 2.39. The standard InChI is InChI=1S/C11H13NO2/c12-5-8-3-7-4-9(13)14-11(7)10(8)6-1-2-6/h6-8,10-11H,1-4H2. The summed E-state index contributed by atoms with van der Waals surface area (Å²) >= 11 is 0. The lowest BCUT2D eigenvalue weighted by Crippen LogP contribution is -2.24. The Hall–Kier alpha value is -1.04. The van der Waals surface area contributed by atoms with Crippen molar-refractivity contribution in [3.05, 3.63) is 0 Å². The number of fused-ring (bicyclic) bond motifs is 1. The fourth-order valence-electron chi connectivity index (χ4n) is 3.17. The van der Waals surface area contributed by atoms with Crippen LogP contribution in [0.3, 0.4) is 0 Å². The monoisotopic (exact) mass is 191 g/mol. The lowest BCUT2D eigenvalue weighted by molar-refractivity contribution is -0.143. The van der Waals surface area contributed by atoms with Gasteiger partial charge in [0, 0.05) is 11.8 Å². The van der Waals surface area contributed by atoms with E-state index in [9.17, 15) is 4.79 Å². The van der Waals surface area contributed by atoms with E-state index in [0.717, 1.165) is 6.42 Å². The summed E-state index contributed by atoms with van der Waals surface area (Å²) in [4.78, 5) is 11.1. The van der Waals surface area contributed by atoms with Gasteiger partial charge >= 0.3 is 5.97 Å². The van der Waals surface area contributed by atoms with Crippen molar-refractivity contribution in [2.75, 3.05) is 0 Å². The average Bonchev–Trinajstić information content (AvgIpc) is 2.83. The Morgan fingerprint density at radius 2 is 2.14 bits per heavy atom. The van der Waals surface area contributed by atoms with Gasteiger partial charge in [-0.15, -0.1) is 0 Å². The van der Waals surface area contributed by atoms with Gasteiger partial charge in [0.25, 0.3) is 0 Å². The number of rotatable bonds is 1. The van der Waals surface area contributed by atoms with Crippen molar-refractivity contribution in [1.82, 2.24) is 0 Å². The van der Waals surface area contributed by atoms with Crippen LogP contribution in [-0.2, 0) is 9.53 Å². The summed E-state index contributed by atoms with van der Waals surface area (Å²) in [5.41, 5.74) is 0. The molecule has 1 saturated heterocycles. The van der Waals surface area contributed by atoms with E-state index in [1.54, 1.807) is 0 Å². The molecule has 0 N–H and O–H groups in total. The van der Waals surface area contributed by atoms with E-state index in [4.69, 9.17) is 10.00 Å². The van der Waals surface area contributed by atoms with Crippen molar-refractivity contribution < 1.29 is 9.53 Å². The average molecular weight is 191 g/mol. The first kappa shape index (κ1) is 8.28. The molecule has 0 aromatic carbocycles. The Morgan fingerprint density at radius 3 is 2.79 bits per heavy atom. The van der Waals surface area contributed by atoms with E-state index < -0.39 is 0 Å². The van der Waals surface area contributed by atoms with Crippen LogP contribution in [0.2, 0.25) is 0 Å². The highest BCUT2D eigenvalue weighted by atomic mass is 16.6. The van der Waals surface area contributed by atoms with Crippen LogP contribution in [0.1, 0.15) is 25.7 Å². The zero-order valence-corrected chi connectivity index (χ0v) is 7.98. The van der Waals surface area contributed by atoms with Crippen LogP contribution in [0.4, 0.5) is 0 Å². The summed E-state index contributed by atoms with van der Waals surface area (Å²) in [5.74, 6) is 1.46. The van der Waals surface area contributed by atoms with E-state index in [0.29, 0.717) is 24.2 Å². The third-order valence-corrected chi connectivity index (χ3v) is 3.89. The van der Waals surface area contributed by atoms with Crippen LogP contribution < -0.4 is 0 Å². The Morgan fingerprint density at radius 1 is 1.36 bits per heavy atom. The first-order valence-electron chi connectivity index (χ1n) is 5.38. The SMILES string of the molecule is N#CC1CC2CC(=O)OC2C1C1CC1. The van der Waals surface area contributed by atoms with E-state index in [2.05, 4.69) is 6.07 Å². The molecule has 3 aliphatic rings. The van der Waals surface area contributed by atoms with Crippen molar-refractivity contribution in [2.24, 2.45) is 23.7 Å². The molecule has 74 valence electrons. The Balaban J connectivity index is 1.84. The Labute approximate surface area is 83.0 Å². The molecule has 0 amide bonds. The molecule has 3 rings (SSSR count). The molecule has 3 fully saturated rings. The number of ether oxygens (including phenoxy) is 1. The van der Waals surface area contributed by atoms with E-state index in [1.807, 2.05) is 0 Å². The zero-order chi connectivity index (χ0) is 9.71. The predicted octanol–water partition coefficient (Wildman–Crippen LogP) is 1.49. The molecule has 0 aromatic heterocycles. The molecule has 3 nitrogen and oxygen atoms in total. The molecule has 0 spiro atoms. The minimum atomic E-state index is -0.0537. The first-order chi connectivity index (χ1) is 6.79. The maximum Gasteiger partial charge on any atom is 0.306 e. The highest BCUT2D eigenvalue weighted by Gasteiger charge is 2.55. The molecule has 4 atom stereocenters. The topological polar surface area (TPSA) is 50.1 Å². The minimum Gasteiger partial charge on any atom is -0.462 e. The summed E-state index contributed by atoms with van der Waals surface area (Å²) < 4.78 is 5.34. The molecular weight excluding hydrogens is 178 g/mol. The van der Waals surface area contributed by atoms with E-state index in [-0.39, 0.29) is 18.0 Å². The fourth-order valence-corrected chi connectivity index (χ4v) is 3.17. The molecule has 0 aromatic rings. The van der Waals surface area contributed by atoms with Gasteiger partial charge in [-0.2, -0.15) is 5.26 Å². The number of hydrogen-bond donors (Lipinski definition) is 0. The smallest absolute Gasteiger partial charge is 0.306 e. The number of carbonyl (C=O) groups excluding carboxylic acids is 1. The molecular formula is C11H13NO2. The fraction of sp³-hybridized carbons (Fsp3) is 0.818. The minimum absolute atomic E-state index is 0.0537. The predicted molar refractivity (Wildman–Crippen MR) is 47.9 cm³/mol. The van der Waals surface area contributed by atoms with E-state index >= 15 is 0 Å². The molecule has 2 aliphatic carbocycles. The molecule has 3 heteroatoms. The van der Waals surface area contributed by atoms with Gasteiger partial charge in [0.1, 0.15) is 6.10 Å². The van der Waals surface area contributed by atoms with Crippen LogP contribution in [0.15, 0.2) is 0 Å². The lowest BCUT2D eigenvalue weighted by atomic mass is 9.91. The lowest BCUT2D eigenvalue weighted by Gasteiger charge is -2.18. The van der Waals surface area contributed by atoms with Crippen molar-refractivity contribution >= 4 is 5.97 Å². The van der Waals surface area contributed by atoms with Crippen molar-refractivity contribution in [3.8, 4) is 6.07 Å². The van der Waals surface area contributed by atoms with Gasteiger partial charge in [0.2, 0.25) is 0 Å². The van der Waals surface area contributed by atoms with Crippen molar-refractivity contribution in [3.63, 3.8) is 0 Å². The number of carbonyl (C=O) groups is 1. The largest absolute Gasteiger partial charge is 0.462 e. The highest BCUT2D eigenvalue weighted by molar-refractivity contribution is 5.72. The molecule has 1 aliphatic heterocycles. The van der Waals surface area contributed by atoms with Gasteiger partial charge in [-0.05, 0) is 25.2 Å². The molecule has 4 unspecified atom stereocenters. The van der Waals surface area contributed by atoms with Gasteiger partial charge in [-0.3, -0.25) is 4.79 Å². The van der Waals surface area contributed by atoms with Gasteiger partial charge in [-0.25, -0.2) is 0 Å². The highest BCUT2D eigenvalue weighted by Crippen LogP contribution is 2.53. The summed E-state index contributed by atoms with van der Waals surface area (Å²) in [5, 5.41) is 9.04. The quantitative estimate of drug-likeness (QED) is 0.590. The zero-order valence-electron chi connectivity index (χ0n) is 7.98. The van der Waals surface area contributed by atoms with Crippen LogP contribution in [0, 0.1) is 35.0 Å². The summed E-state index contributed by atoms with van der Waals surface area (Å²) in [6.07, 6.45) is 3.97. The van der Waals surface area contributed by atoms with E-state index in [1.165, 1.54) is 12.8 Å². The molecule has 0 radical (unpaired) electrons. The second-order valence-electron chi connectivity index (χ2n) is 4.80. The summed E-state index contributed by atoms with van der Waals surface area (Å²) in [6.45, 7) is 0. The molecule has 1 heterocycles. The molecule has 2 saturated carbocycles. The van der Waals surface area contributed by atoms with Crippen LogP contribution >= 0.6 is 0 Å². The van der Waals surface area contributed by atoms with Crippen LogP contribution in [0.25, 0.3) is 0 Å². The Kier molecular flexibility index (Phi) is 1.61. The normalized spacial score (nSPS) is 45.8. The summed E-state index contributed by atoms with van der Waals surface area (Å²) in [7, 11) is 0.